The van der Waals surface area contributed by atoms with Gasteiger partial charge in [-0.05, 0) is 18.6 Å². The lowest BCUT2D eigenvalue weighted by Crippen LogP contribution is -2.52. The monoisotopic (exact) mass is 290 g/mol. The fourth-order valence-corrected chi connectivity index (χ4v) is 2.56. The van der Waals surface area contributed by atoms with Gasteiger partial charge in [0, 0.05) is 6.42 Å². The number of fused-ring (bicyclic) bond motifs is 1. The molecule has 2 unspecified atom stereocenters. The Kier molecular flexibility index (Phi) is 3.25. The van der Waals surface area contributed by atoms with Crippen molar-refractivity contribution < 1.29 is 24.2 Å². The van der Waals surface area contributed by atoms with E-state index in [1.54, 1.807) is 24.3 Å². The van der Waals surface area contributed by atoms with Gasteiger partial charge in [0.2, 0.25) is 17.9 Å². The summed E-state index contributed by atoms with van der Waals surface area (Å²) in [6, 6.07) is 6.18. The Morgan fingerprint density at radius 1 is 1.33 bits per heavy atom. The van der Waals surface area contributed by atoms with Crippen LogP contribution in [0.5, 0.6) is 5.75 Å². The number of para-hydroxylation sites is 2. The molecule has 0 aromatic heterocycles. The lowest BCUT2D eigenvalue weighted by molar-refractivity contribution is -0.145. The van der Waals surface area contributed by atoms with Crippen LogP contribution in [0, 0.1) is 0 Å². The van der Waals surface area contributed by atoms with Gasteiger partial charge < -0.3 is 20.1 Å². The summed E-state index contributed by atoms with van der Waals surface area (Å²) in [7, 11) is 0. The molecule has 21 heavy (non-hydrogen) atoms. The minimum absolute atomic E-state index is 0.0719. The average molecular weight is 290 g/mol. The highest BCUT2D eigenvalue weighted by atomic mass is 16.5. The number of nitrogens with zero attached hydrogens (tertiary/aromatic N) is 1. The zero-order valence-electron chi connectivity index (χ0n) is 11.1. The largest absolute Gasteiger partial charge is 0.478 e. The van der Waals surface area contributed by atoms with Crippen molar-refractivity contribution >= 4 is 23.5 Å². The molecule has 110 valence electrons. The van der Waals surface area contributed by atoms with E-state index in [9.17, 15) is 14.4 Å². The van der Waals surface area contributed by atoms with E-state index < -0.39 is 18.1 Å². The number of carbonyl (C=O) groups is 3. The highest BCUT2D eigenvalue weighted by Crippen LogP contribution is 2.34. The highest BCUT2D eigenvalue weighted by Gasteiger charge is 2.38. The number of benzene rings is 1. The van der Waals surface area contributed by atoms with Crippen LogP contribution in [0.4, 0.5) is 5.69 Å². The Balaban J connectivity index is 1.91. The Morgan fingerprint density at radius 3 is 2.76 bits per heavy atom. The number of carbonyl (C=O) groups excluding carboxylic acids is 2. The summed E-state index contributed by atoms with van der Waals surface area (Å²) in [5, 5.41) is 11.7. The van der Waals surface area contributed by atoms with Crippen LogP contribution < -0.4 is 15.0 Å². The summed E-state index contributed by atoms with van der Waals surface area (Å²) >= 11 is 0. The summed E-state index contributed by atoms with van der Waals surface area (Å²) in [6.07, 6.45) is -0.374. The maximum Gasteiger partial charge on any atom is 0.346 e. The Morgan fingerprint density at radius 2 is 2.10 bits per heavy atom. The van der Waals surface area contributed by atoms with Gasteiger partial charge in [0.15, 0.2) is 0 Å². The number of hydrogen-bond donors (Lipinski definition) is 2. The second kappa shape index (κ2) is 5.08. The number of carboxylic acids is 1. The van der Waals surface area contributed by atoms with Crippen molar-refractivity contribution in [3.8, 4) is 5.75 Å². The van der Waals surface area contributed by atoms with Crippen LogP contribution in [0.25, 0.3) is 0 Å². The quantitative estimate of drug-likeness (QED) is 0.808. The van der Waals surface area contributed by atoms with Gasteiger partial charge in [0.1, 0.15) is 11.8 Å². The molecule has 1 fully saturated rings. The van der Waals surface area contributed by atoms with E-state index in [1.807, 2.05) is 0 Å². The Bertz CT molecular complexity index is 615. The summed E-state index contributed by atoms with van der Waals surface area (Å²) in [6.45, 7) is -0.0719. The van der Waals surface area contributed by atoms with Gasteiger partial charge in [0.25, 0.3) is 0 Å². The van der Waals surface area contributed by atoms with Crippen molar-refractivity contribution in [2.45, 2.75) is 25.0 Å². The van der Waals surface area contributed by atoms with Crippen LogP contribution in [-0.2, 0) is 14.4 Å². The van der Waals surface area contributed by atoms with E-state index in [2.05, 4.69) is 5.32 Å². The molecule has 1 saturated heterocycles. The molecule has 2 atom stereocenters. The zero-order chi connectivity index (χ0) is 15.0. The minimum atomic E-state index is -1.13. The molecule has 0 aliphatic carbocycles. The number of carboxylic acid groups (broad SMARTS) is 1. The predicted molar refractivity (Wildman–Crippen MR) is 72.0 cm³/mol. The van der Waals surface area contributed by atoms with Crippen LogP contribution in [0.2, 0.25) is 0 Å². The number of aliphatic carboxylic acids is 1. The molecule has 2 N–H and O–H groups in total. The van der Waals surface area contributed by atoms with E-state index in [0.29, 0.717) is 24.3 Å². The molecule has 7 heteroatoms. The normalized spacial score (nSPS) is 24.0. The second-order valence-corrected chi connectivity index (χ2v) is 5.02. The van der Waals surface area contributed by atoms with E-state index in [0.717, 1.165) is 0 Å². The lowest BCUT2D eigenvalue weighted by atomic mass is 10.1. The Hall–Kier alpha value is -2.57. The maximum absolute atomic E-state index is 12.5. The first-order chi connectivity index (χ1) is 10.1. The number of hydrogen-bond acceptors (Lipinski definition) is 4. The first kappa shape index (κ1) is 13.4. The third-order valence-corrected chi connectivity index (χ3v) is 3.61. The molecule has 2 aliphatic rings. The number of anilines is 1. The van der Waals surface area contributed by atoms with Crippen LogP contribution in [-0.4, -0.2) is 41.6 Å². The number of amides is 2. The second-order valence-electron chi connectivity index (χ2n) is 5.02. The minimum Gasteiger partial charge on any atom is -0.478 e. The lowest BCUT2D eigenvalue weighted by Gasteiger charge is -2.34. The molecule has 0 saturated carbocycles. The SMILES string of the molecule is O=C1CCC(C(=O)N2CC(C(=O)O)Oc3ccccc32)N1. The molecule has 1 aromatic rings. The van der Waals surface area contributed by atoms with Crippen molar-refractivity contribution in [1.82, 2.24) is 5.32 Å². The van der Waals surface area contributed by atoms with Crippen molar-refractivity contribution in [2.75, 3.05) is 11.4 Å². The summed E-state index contributed by atoms with van der Waals surface area (Å²) < 4.78 is 5.38. The summed E-state index contributed by atoms with van der Waals surface area (Å²) in [5.74, 6) is -1.24. The zero-order valence-corrected chi connectivity index (χ0v) is 11.1. The molecule has 2 aliphatic heterocycles. The van der Waals surface area contributed by atoms with Crippen molar-refractivity contribution in [2.24, 2.45) is 0 Å². The average Bonchev–Trinajstić information content (AvgIpc) is 2.92. The standard InChI is InChI=1S/C14H14N2O5/c17-12-6-5-8(15-12)13(18)16-7-11(14(19)20)21-10-4-2-1-3-9(10)16/h1-4,8,11H,5-7H2,(H,15,17)(H,19,20). The van der Waals surface area contributed by atoms with E-state index in [4.69, 9.17) is 9.84 Å². The summed E-state index contributed by atoms with van der Waals surface area (Å²) in [5.41, 5.74) is 0.529. The van der Waals surface area contributed by atoms with Crippen molar-refractivity contribution in [1.29, 1.82) is 0 Å². The van der Waals surface area contributed by atoms with Crippen molar-refractivity contribution in [3.63, 3.8) is 0 Å². The highest BCUT2D eigenvalue weighted by molar-refractivity contribution is 6.02. The number of nitrogens with one attached hydrogen (secondary N) is 1. The van der Waals surface area contributed by atoms with Gasteiger partial charge in [-0.3, -0.25) is 9.59 Å². The van der Waals surface area contributed by atoms with Gasteiger partial charge in [0.05, 0.1) is 12.2 Å². The van der Waals surface area contributed by atoms with Gasteiger partial charge in [-0.25, -0.2) is 4.79 Å². The fraction of sp³-hybridized carbons (Fsp3) is 0.357. The Labute approximate surface area is 120 Å². The van der Waals surface area contributed by atoms with Crippen LogP contribution >= 0.6 is 0 Å². The third kappa shape index (κ3) is 2.42. The van der Waals surface area contributed by atoms with Gasteiger partial charge in [-0.2, -0.15) is 0 Å². The smallest absolute Gasteiger partial charge is 0.346 e. The number of ether oxygens (including phenoxy) is 1. The van der Waals surface area contributed by atoms with E-state index in [1.165, 1.54) is 4.90 Å². The third-order valence-electron chi connectivity index (χ3n) is 3.61. The molecule has 1 aromatic carbocycles. The molecule has 2 amide bonds. The van der Waals surface area contributed by atoms with Crippen molar-refractivity contribution in [3.05, 3.63) is 24.3 Å². The molecule has 3 rings (SSSR count). The van der Waals surface area contributed by atoms with Crippen LogP contribution in [0.15, 0.2) is 24.3 Å². The molecule has 7 nitrogen and oxygen atoms in total. The van der Waals surface area contributed by atoms with Gasteiger partial charge in [-0.15, -0.1) is 0 Å². The van der Waals surface area contributed by atoms with Gasteiger partial charge >= 0.3 is 5.97 Å². The topological polar surface area (TPSA) is 95.9 Å². The number of rotatable bonds is 2. The van der Waals surface area contributed by atoms with Crippen LogP contribution in [0.3, 0.4) is 0 Å². The summed E-state index contributed by atoms with van der Waals surface area (Å²) in [4.78, 5) is 36.4. The van der Waals surface area contributed by atoms with Gasteiger partial charge in [-0.1, -0.05) is 12.1 Å². The molecule has 0 radical (unpaired) electrons. The van der Waals surface area contributed by atoms with E-state index in [-0.39, 0.29) is 18.4 Å². The first-order valence-corrected chi connectivity index (χ1v) is 6.65. The predicted octanol–water partition coefficient (Wildman–Crippen LogP) is 0.144. The fourth-order valence-electron chi connectivity index (χ4n) is 2.56. The molecule has 2 heterocycles. The molecular weight excluding hydrogens is 276 g/mol. The molecule has 0 bridgehead atoms. The first-order valence-electron chi connectivity index (χ1n) is 6.65. The maximum atomic E-state index is 12.5. The van der Waals surface area contributed by atoms with Crippen LogP contribution in [0.1, 0.15) is 12.8 Å². The van der Waals surface area contributed by atoms with E-state index >= 15 is 0 Å². The molecule has 0 spiro atoms. The molecular formula is C14H14N2O5.